The minimum absolute atomic E-state index is 1.18. The summed E-state index contributed by atoms with van der Waals surface area (Å²) in [6.07, 6.45) is 6.82. The fraction of sp³-hybridized carbons (Fsp3) is 0.615. The van der Waals surface area contributed by atoms with E-state index in [1.807, 2.05) is 6.20 Å². The second kappa shape index (κ2) is 5.14. The molecule has 0 N–H and O–H groups in total. The molecule has 1 nitrogen and oxygen atoms in total. The summed E-state index contributed by atoms with van der Waals surface area (Å²) in [5.74, 6) is 0. The van der Waals surface area contributed by atoms with Crippen LogP contribution in [0, 0.1) is 13.8 Å². The van der Waals surface area contributed by atoms with Gasteiger partial charge < -0.3 is 0 Å². The largest absolute Gasteiger partial charge is 0.261 e. The molecule has 0 saturated heterocycles. The van der Waals surface area contributed by atoms with E-state index < -0.39 is 0 Å². The zero-order chi connectivity index (χ0) is 10.6. The molecule has 1 rings (SSSR count). The summed E-state index contributed by atoms with van der Waals surface area (Å²) >= 11 is 0. The minimum Gasteiger partial charge on any atom is -0.261 e. The second-order valence-corrected chi connectivity index (χ2v) is 3.98. The molecule has 0 unspecified atom stereocenters. The lowest BCUT2D eigenvalue weighted by Gasteiger charge is -2.13. The van der Waals surface area contributed by atoms with Gasteiger partial charge in [0.25, 0.3) is 0 Å². The number of hydrogen-bond acceptors (Lipinski definition) is 1. The van der Waals surface area contributed by atoms with Crippen molar-refractivity contribution in [2.45, 2.75) is 53.4 Å². The number of rotatable bonds is 4. The molecular formula is C13H21N. The summed E-state index contributed by atoms with van der Waals surface area (Å²) in [7, 11) is 0. The average molecular weight is 191 g/mol. The van der Waals surface area contributed by atoms with Crippen molar-refractivity contribution < 1.29 is 0 Å². The van der Waals surface area contributed by atoms with Gasteiger partial charge >= 0.3 is 0 Å². The third-order valence-corrected chi connectivity index (χ3v) is 2.73. The lowest BCUT2D eigenvalue weighted by atomic mass is 9.95. The molecule has 0 amide bonds. The highest BCUT2D eigenvalue weighted by Gasteiger charge is 2.08. The van der Waals surface area contributed by atoms with Gasteiger partial charge in [-0.3, -0.25) is 4.98 Å². The van der Waals surface area contributed by atoms with Gasteiger partial charge in [-0.2, -0.15) is 0 Å². The van der Waals surface area contributed by atoms with E-state index in [1.54, 1.807) is 5.56 Å². The van der Waals surface area contributed by atoms with Crippen LogP contribution in [-0.4, -0.2) is 4.98 Å². The molecule has 0 bridgehead atoms. The normalized spacial score (nSPS) is 10.6. The number of aromatic nitrogens is 1. The molecule has 1 heterocycles. The van der Waals surface area contributed by atoms with Crippen molar-refractivity contribution in [3.05, 3.63) is 28.6 Å². The van der Waals surface area contributed by atoms with E-state index in [9.17, 15) is 0 Å². The SMILES string of the molecule is CCCc1c(C)cnc(C)c1CCC. The molecule has 0 aliphatic heterocycles. The van der Waals surface area contributed by atoms with Gasteiger partial charge in [-0.25, -0.2) is 0 Å². The maximum Gasteiger partial charge on any atom is 0.0407 e. The molecule has 0 aliphatic carbocycles. The maximum absolute atomic E-state index is 4.44. The Hall–Kier alpha value is -0.850. The second-order valence-electron chi connectivity index (χ2n) is 3.98. The molecule has 0 aliphatic rings. The van der Waals surface area contributed by atoms with E-state index in [-0.39, 0.29) is 0 Å². The Balaban J connectivity index is 3.12. The predicted molar refractivity (Wildman–Crippen MR) is 61.7 cm³/mol. The molecule has 1 aromatic rings. The van der Waals surface area contributed by atoms with Crippen LogP contribution in [0.4, 0.5) is 0 Å². The van der Waals surface area contributed by atoms with Crippen LogP contribution in [0.3, 0.4) is 0 Å². The molecular weight excluding hydrogens is 170 g/mol. The third-order valence-electron chi connectivity index (χ3n) is 2.73. The Morgan fingerprint density at radius 1 is 1.00 bits per heavy atom. The predicted octanol–water partition coefficient (Wildman–Crippen LogP) is 3.60. The van der Waals surface area contributed by atoms with Crippen molar-refractivity contribution in [1.29, 1.82) is 0 Å². The smallest absolute Gasteiger partial charge is 0.0407 e. The summed E-state index contributed by atoms with van der Waals surface area (Å²) in [5, 5.41) is 0. The first-order valence-corrected chi connectivity index (χ1v) is 5.64. The van der Waals surface area contributed by atoms with Crippen LogP contribution in [0.1, 0.15) is 49.1 Å². The van der Waals surface area contributed by atoms with E-state index in [0.717, 1.165) is 0 Å². The van der Waals surface area contributed by atoms with Crippen LogP contribution in [0.25, 0.3) is 0 Å². The average Bonchev–Trinajstić information content (AvgIpc) is 2.17. The Morgan fingerprint density at radius 2 is 1.57 bits per heavy atom. The summed E-state index contributed by atoms with van der Waals surface area (Å²) in [6, 6.07) is 0. The third kappa shape index (κ3) is 2.34. The zero-order valence-electron chi connectivity index (χ0n) is 9.85. The molecule has 0 fully saturated rings. The van der Waals surface area contributed by atoms with Crippen LogP contribution in [0.2, 0.25) is 0 Å². The molecule has 1 aromatic heterocycles. The molecule has 0 atom stereocenters. The molecule has 1 heteroatoms. The Bertz CT molecular complexity index is 271. The van der Waals surface area contributed by atoms with Crippen molar-refractivity contribution in [2.24, 2.45) is 0 Å². The van der Waals surface area contributed by atoms with E-state index in [2.05, 4.69) is 32.7 Å². The molecule has 0 aromatic carbocycles. The van der Waals surface area contributed by atoms with Gasteiger partial charge in [-0.05, 0) is 43.4 Å². The summed E-state index contributed by atoms with van der Waals surface area (Å²) < 4.78 is 0. The lowest BCUT2D eigenvalue weighted by molar-refractivity contribution is 0.833. The van der Waals surface area contributed by atoms with Gasteiger partial charge in [0, 0.05) is 11.9 Å². The summed E-state index contributed by atoms with van der Waals surface area (Å²) in [6.45, 7) is 8.78. The van der Waals surface area contributed by atoms with Crippen molar-refractivity contribution in [3.63, 3.8) is 0 Å². The van der Waals surface area contributed by atoms with Gasteiger partial charge in [0.05, 0.1) is 0 Å². The molecule has 0 saturated carbocycles. The Labute approximate surface area is 87.6 Å². The van der Waals surface area contributed by atoms with Crippen LogP contribution in [0.15, 0.2) is 6.20 Å². The van der Waals surface area contributed by atoms with Crippen LogP contribution in [0.5, 0.6) is 0 Å². The van der Waals surface area contributed by atoms with Crippen molar-refractivity contribution in [2.75, 3.05) is 0 Å². The first-order valence-electron chi connectivity index (χ1n) is 5.64. The van der Waals surface area contributed by atoms with Crippen LogP contribution < -0.4 is 0 Å². The first kappa shape index (κ1) is 11.2. The van der Waals surface area contributed by atoms with E-state index in [1.165, 1.54) is 42.5 Å². The monoisotopic (exact) mass is 191 g/mol. The Morgan fingerprint density at radius 3 is 2.14 bits per heavy atom. The standard InChI is InChI=1S/C13H21N/c1-5-7-12-10(3)9-14-11(4)13(12)8-6-2/h9H,5-8H2,1-4H3. The molecule has 0 radical (unpaired) electrons. The number of pyridine rings is 1. The lowest BCUT2D eigenvalue weighted by Crippen LogP contribution is -2.02. The van der Waals surface area contributed by atoms with Gasteiger partial charge in [0.1, 0.15) is 0 Å². The van der Waals surface area contributed by atoms with Gasteiger partial charge in [-0.15, -0.1) is 0 Å². The molecule has 78 valence electrons. The summed E-state index contributed by atoms with van der Waals surface area (Å²) in [5.41, 5.74) is 5.62. The topological polar surface area (TPSA) is 12.9 Å². The fourth-order valence-electron chi connectivity index (χ4n) is 1.99. The van der Waals surface area contributed by atoms with Gasteiger partial charge in [-0.1, -0.05) is 26.7 Å². The fourth-order valence-corrected chi connectivity index (χ4v) is 1.99. The minimum atomic E-state index is 1.18. The number of hydrogen-bond donors (Lipinski definition) is 0. The first-order chi connectivity index (χ1) is 6.70. The van der Waals surface area contributed by atoms with E-state index in [0.29, 0.717) is 0 Å². The highest BCUT2D eigenvalue weighted by Crippen LogP contribution is 2.19. The van der Waals surface area contributed by atoms with Crippen molar-refractivity contribution in [1.82, 2.24) is 4.98 Å². The number of aryl methyl sites for hydroxylation is 2. The van der Waals surface area contributed by atoms with E-state index in [4.69, 9.17) is 0 Å². The van der Waals surface area contributed by atoms with Crippen LogP contribution in [-0.2, 0) is 12.8 Å². The Kier molecular flexibility index (Phi) is 4.12. The summed E-state index contributed by atoms with van der Waals surface area (Å²) in [4.78, 5) is 4.44. The molecule has 0 spiro atoms. The van der Waals surface area contributed by atoms with Gasteiger partial charge in [0.2, 0.25) is 0 Å². The van der Waals surface area contributed by atoms with Crippen LogP contribution >= 0.6 is 0 Å². The zero-order valence-corrected chi connectivity index (χ0v) is 9.85. The van der Waals surface area contributed by atoms with Crippen molar-refractivity contribution >= 4 is 0 Å². The van der Waals surface area contributed by atoms with Crippen molar-refractivity contribution in [3.8, 4) is 0 Å². The number of nitrogens with zero attached hydrogens (tertiary/aromatic N) is 1. The molecule has 14 heavy (non-hydrogen) atoms. The van der Waals surface area contributed by atoms with E-state index >= 15 is 0 Å². The van der Waals surface area contributed by atoms with Gasteiger partial charge in [0.15, 0.2) is 0 Å². The highest BCUT2D eigenvalue weighted by molar-refractivity contribution is 5.35. The maximum atomic E-state index is 4.44. The highest BCUT2D eigenvalue weighted by atomic mass is 14.7. The quantitative estimate of drug-likeness (QED) is 0.708.